The van der Waals surface area contributed by atoms with Crippen LogP contribution in [0.5, 0.6) is 0 Å². The first-order valence-electron chi connectivity index (χ1n) is 7.52. The third-order valence-electron chi connectivity index (χ3n) is 3.74. The fourth-order valence-electron chi connectivity index (χ4n) is 2.28. The van der Waals surface area contributed by atoms with Gasteiger partial charge in [0.1, 0.15) is 6.04 Å². The molecule has 0 spiro atoms. The molecule has 0 unspecified atom stereocenters. The van der Waals surface area contributed by atoms with Gasteiger partial charge in [-0.2, -0.15) is 4.98 Å². The van der Waals surface area contributed by atoms with Gasteiger partial charge in [-0.25, -0.2) is 4.79 Å². The molecule has 8 heteroatoms. The van der Waals surface area contributed by atoms with Gasteiger partial charge in [0, 0.05) is 39.0 Å². The molecule has 1 saturated heterocycles. The number of aromatic nitrogens is 2. The molecule has 8 nitrogen and oxygen atoms in total. The average Bonchev–Trinajstić information content (AvgIpc) is 2.94. The summed E-state index contributed by atoms with van der Waals surface area (Å²) in [6.45, 7) is 7.19. The molecule has 2 heterocycles. The van der Waals surface area contributed by atoms with E-state index in [1.54, 1.807) is 23.8 Å². The summed E-state index contributed by atoms with van der Waals surface area (Å²) in [7, 11) is 1.75. The second-order valence-corrected chi connectivity index (χ2v) is 5.81. The first-order valence-corrected chi connectivity index (χ1v) is 7.52. The molecule has 3 amide bonds. The Hall–Kier alpha value is -2.12. The second kappa shape index (κ2) is 6.76. The quantitative estimate of drug-likeness (QED) is 0.879. The van der Waals surface area contributed by atoms with Crippen LogP contribution < -0.4 is 5.32 Å². The average molecular weight is 309 g/mol. The van der Waals surface area contributed by atoms with Crippen LogP contribution in [-0.2, 0) is 11.2 Å². The van der Waals surface area contributed by atoms with E-state index in [2.05, 4.69) is 15.5 Å². The van der Waals surface area contributed by atoms with E-state index in [1.165, 1.54) is 0 Å². The Morgan fingerprint density at radius 1 is 1.45 bits per heavy atom. The Kier molecular flexibility index (Phi) is 4.99. The summed E-state index contributed by atoms with van der Waals surface area (Å²) in [5.74, 6) is 1.32. The zero-order valence-corrected chi connectivity index (χ0v) is 13.5. The fraction of sp³-hybridized carbons (Fsp3) is 0.714. The van der Waals surface area contributed by atoms with Crippen molar-refractivity contribution < 1.29 is 14.1 Å². The van der Waals surface area contributed by atoms with E-state index in [0.717, 1.165) is 0 Å². The zero-order chi connectivity index (χ0) is 16.3. The summed E-state index contributed by atoms with van der Waals surface area (Å²) in [5, 5.41) is 6.67. The molecule has 1 N–H and O–H groups in total. The summed E-state index contributed by atoms with van der Waals surface area (Å²) in [6, 6.07) is -0.669. The summed E-state index contributed by atoms with van der Waals surface area (Å²) < 4.78 is 5.11. The number of carbonyl (C=O) groups excluding carboxylic acids is 2. The van der Waals surface area contributed by atoms with Gasteiger partial charge in [-0.1, -0.05) is 19.0 Å². The van der Waals surface area contributed by atoms with Crippen molar-refractivity contribution in [3.05, 3.63) is 11.7 Å². The third-order valence-corrected chi connectivity index (χ3v) is 3.74. The van der Waals surface area contributed by atoms with Crippen LogP contribution in [0.4, 0.5) is 4.79 Å². The first kappa shape index (κ1) is 16.3. The molecule has 2 rings (SSSR count). The number of urea groups is 1. The largest absolute Gasteiger partial charge is 0.342 e. The molecule has 0 bridgehead atoms. The van der Waals surface area contributed by atoms with Gasteiger partial charge >= 0.3 is 6.03 Å². The minimum atomic E-state index is -0.434. The number of nitrogens with zero attached hydrogens (tertiary/aromatic N) is 4. The van der Waals surface area contributed by atoms with E-state index >= 15 is 0 Å². The molecule has 0 radical (unpaired) electrons. The summed E-state index contributed by atoms with van der Waals surface area (Å²) in [5.41, 5.74) is 0. The number of likely N-dealkylation sites (N-methyl/N-ethyl adjacent to an activating group) is 1. The summed E-state index contributed by atoms with van der Waals surface area (Å²) >= 11 is 0. The Bertz CT molecular complexity index is 542. The highest BCUT2D eigenvalue weighted by molar-refractivity contribution is 5.87. The lowest BCUT2D eigenvalue weighted by Crippen LogP contribution is -2.58. The van der Waals surface area contributed by atoms with Gasteiger partial charge in [-0.05, 0) is 6.92 Å². The van der Waals surface area contributed by atoms with E-state index in [9.17, 15) is 9.59 Å². The molecule has 1 aromatic heterocycles. The number of piperazine rings is 1. The van der Waals surface area contributed by atoms with Crippen LogP contribution in [0.15, 0.2) is 4.52 Å². The molecule has 0 aromatic carbocycles. The molecule has 1 aliphatic heterocycles. The van der Waals surface area contributed by atoms with Gasteiger partial charge in [-0.15, -0.1) is 0 Å². The van der Waals surface area contributed by atoms with Crippen LogP contribution in [0.1, 0.15) is 38.4 Å². The van der Waals surface area contributed by atoms with E-state index in [0.29, 0.717) is 37.8 Å². The van der Waals surface area contributed by atoms with Gasteiger partial charge in [0.2, 0.25) is 11.8 Å². The lowest BCUT2D eigenvalue weighted by atomic mass is 10.2. The van der Waals surface area contributed by atoms with Gasteiger partial charge in [0.05, 0.1) is 0 Å². The highest BCUT2D eigenvalue weighted by atomic mass is 16.5. The van der Waals surface area contributed by atoms with Gasteiger partial charge in [-0.3, -0.25) is 4.79 Å². The van der Waals surface area contributed by atoms with E-state index < -0.39 is 6.04 Å². The van der Waals surface area contributed by atoms with Crippen LogP contribution in [0.25, 0.3) is 0 Å². The summed E-state index contributed by atoms with van der Waals surface area (Å²) in [4.78, 5) is 31.5. The van der Waals surface area contributed by atoms with Crippen molar-refractivity contribution in [1.29, 1.82) is 0 Å². The Balaban J connectivity index is 1.81. The minimum Gasteiger partial charge on any atom is -0.342 e. The Morgan fingerprint density at radius 2 is 2.18 bits per heavy atom. The zero-order valence-electron chi connectivity index (χ0n) is 13.5. The van der Waals surface area contributed by atoms with Crippen molar-refractivity contribution in [3.63, 3.8) is 0 Å². The van der Waals surface area contributed by atoms with E-state index in [1.807, 2.05) is 13.8 Å². The van der Waals surface area contributed by atoms with Crippen molar-refractivity contribution in [1.82, 2.24) is 25.3 Å². The van der Waals surface area contributed by atoms with Crippen molar-refractivity contribution in [3.8, 4) is 0 Å². The van der Waals surface area contributed by atoms with Crippen LogP contribution in [0.3, 0.4) is 0 Å². The molecule has 1 fully saturated rings. The number of carbonyl (C=O) groups is 2. The molecule has 1 atom stereocenters. The van der Waals surface area contributed by atoms with Crippen molar-refractivity contribution in [2.24, 2.45) is 0 Å². The highest BCUT2D eigenvalue weighted by Gasteiger charge is 2.32. The van der Waals surface area contributed by atoms with Crippen LogP contribution in [0.2, 0.25) is 0 Å². The van der Waals surface area contributed by atoms with Crippen molar-refractivity contribution in [2.45, 2.75) is 39.2 Å². The number of amides is 3. The maximum absolute atomic E-state index is 12.1. The molecular formula is C14H23N5O3. The molecule has 1 aromatic rings. The molecule has 22 heavy (non-hydrogen) atoms. The van der Waals surface area contributed by atoms with Crippen LogP contribution in [-0.4, -0.2) is 64.6 Å². The fourth-order valence-corrected chi connectivity index (χ4v) is 2.28. The van der Waals surface area contributed by atoms with Crippen LogP contribution in [0, 0.1) is 0 Å². The monoisotopic (exact) mass is 309 g/mol. The molecule has 1 aliphatic rings. The predicted molar refractivity (Wildman–Crippen MR) is 79.3 cm³/mol. The normalized spacial score (nSPS) is 19.0. The van der Waals surface area contributed by atoms with Gasteiger partial charge in [0.15, 0.2) is 5.82 Å². The Labute approximate surface area is 129 Å². The third kappa shape index (κ3) is 3.55. The number of hydrogen-bond donors (Lipinski definition) is 1. The van der Waals surface area contributed by atoms with E-state index in [-0.39, 0.29) is 17.9 Å². The molecule has 122 valence electrons. The smallest absolute Gasteiger partial charge is 0.318 e. The number of hydrogen-bond acceptors (Lipinski definition) is 5. The SMILES string of the molecule is CC(C)c1nc(CCNC(=O)N2CCN(C)C(=O)[C@@H]2C)no1. The topological polar surface area (TPSA) is 91.6 Å². The lowest BCUT2D eigenvalue weighted by Gasteiger charge is -2.37. The standard InChI is InChI=1S/C14H23N5O3/c1-9(2)12-16-11(17-22-12)5-6-15-14(21)19-8-7-18(4)13(20)10(19)3/h9-10H,5-8H2,1-4H3,(H,15,21)/t10-/m0/s1. The minimum absolute atomic E-state index is 0.0406. The summed E-state index contributed by atoms with van der Waals surface area (Å²) in [6.07, 6.45) is 0.498. The van der Waals surface area contributed by atoms with Crippen LogP contribution >= 0.6 is 0 Å². The van der Waals surface area contributed by atoms with Gasteiger partial charge in [0.25, 0.3) is 0 Å². The van der Waals surface area contributed by atoms with Gasteiger partial charge < -0.3 is 19.6 Å². The second-order valence-electron chi connectivity index (χ2n) is 5.81. The van der Waals surface area contributed by atoms with Crippen molar-refractivity contribution >= 4 is 11.9 Å². The van der Waals surface area contributed by atoms with Crippen molar-refractivity contribution in [2.75, 3.05) is 26.7 Å². The van der Waals surface area contributed by atoms with E-state index in [4.69, 9.17) is 4.52 Å². The Morgan fingerprint density at radius 3 is 2.82 bits per heavy atom. The first-order chi connectivity index (χ1) is 10.4. The number of rotatable bonds is 4. The highest BCUT2D eigenvalue weighted by Crippen LogP contribution is 2.11. The molecule has 0 saturated carbocycles. The maximum Gasteiger partial charge on any atom is 0.318 e. The number of nitrogens with one attached hydrogen (secondary N) is 1. The maximum atomic E-state index is 12.1. The predicted octanol–water partition coefficient (Wildman–Crippen LogP) is 0.608. The molecule has 0 aliphatic carbocycles. The molecular weight excluding hydrogens is 286 g/mol. The lowest BCUT2D eigenvalue weighted by molar-refractivity contribution is -0.137.